The molecule has 1 aliphatic heterocycles. The van der Waals surface area contributed by atoms with Gasteiger partial charge in [-0.2, -0.15) is 0 Å². The fourth-order valence-corrected chi connectivity index (χ4v) is 3.71. The van der Waals surface area contributed by atoms with Gasteiger partial charge in [-0.1, -0.05) is 0 Å². The van der Waals surface area contributed by atoms with Crippen LogP contribution in [0.2, 0.25) is 0 Å². The summed E-state index contributed by atoms with van der Waals surface area (Å²) in [7, 11) is -3.25. The molecule has 114 valence electrons. The van der Waals surface area contributed by atoms with Crippen LogP contribution >= 0.6 is 0 Å². The monoisotopic (exact) mass is 308 g/mol. The van der Waals surface area contributed by atoms with Gasteiger partial charge in [0.25, 0.3) is 5.91 Å². The number of fused-ring (bicyclic) bond motifs is 1. The molecule has 21 heavy (non-hydrogen) atoms. The van der Waals surface area contributed by atoms with Crippen LogP contribution in [0.5, 0.6) is 0 Å². The first-order valence-electron chi connectivity index (χ1n) is 7.34. The van der Waals surface area contributed by atoms with Crippen molar-refractivity contribution in [2.24, 2.45) is 5.92 Å². The molecule has 1 aromatic carbocycles. The van der Waals surface area contributed by atoms with Crippen molar-refractivity contribution < 1.29 is 13.2 Å². The summed E-state index contributed by atoms with van der Waals surface area (Å²) in [6.07, 6.45) is 5.22. The SMILES string of the molecule is CS(=O)(=O)N1CCCc2cc(C(=O)NCC3CC3)ccc21. The van der Waals surface area contributed by atoms with E-state index in [0.29, 0.717) is 23.7 Å². The van der Waals surface area contributed by atoms with Crippen molar-refractivity contribution in [2.75, 3.05) is 23.7 Å². The summed E-state index contributed by atoms with van der Waals surface area (Å²) in [5, 5.41) is 2.94. The zero-order chi connectivity index (χ0) is 15.0. The third-order valence-corrected chi connectivity index (χ3v) is 5.25. The van der Waals surface area contributed by atoms with Gasteiger partial charge in [-0.25, -0.2) is 8.42 Å². The highest BCUT2D eigenvalue weighted by atomic mass is 32.2. The van der Waals surface area contributed by atoms with Crippen molar-refractivity contribution in [3.63, 3.8) is 0 Å². The second-order valence-electron chi connectivity index (χ2n) is 5.94. The standard InChI is InChI=1S/C15H20N2O3S/c1-21(19,20)17-8-2-3-12-9-13(6-7-14(12)17)15(18)16-10-11-4-5-11/h6-7,9,11H,2-5,8,10H2,1H3,(H,16,18). The highest BCUT2D eigenvalue weighted by Crippen LogP contribution is 2.30. The zero-order valence-corrected chi connectivity index (χ0v) is 12.9. The van der Waals surface area contributed by atoms with Gasteiger partial charge in [-0.15, -0.1) is 0 Å². The Bertz CT molecular complexity index is 665. The largest absolute Gasteiger partial charge is 0.352 e. The number of carbonyl (C=O) groups is 1. The molecule has 0 saturated heterocycles. The maximum Gasteiger partial charge on any atom is 0.251 e. The lowest BCUT2D eigenvalue weighted by Gasteiger charge is -2.29. The second kappa shape index (κ2) is 5.33. The topological polar surface area (TPSA) is 66.5 Å². The first kappa shape index (κ1) is 14.4. The molecule has 0 bridgehead atoms. The molecule has 1 aliphatic carbocycles. The van der Waals surface area contributed by atoms with Crippen molar-refractivity contribution in [1.82, 2.24) is 5.32 Å². The molecule has 2 aliphatic rings. The van der Waals surface area contributed by atoms with Gasteiger partial charge >= 0.3 is 0 Å². The number of sulfonamides is 1. The predicted octanol–water partition coefficient (Wildman–Crippen LogP) is 1.54. The maximum absolute atomic E-state index is 12.1. The second-order valence-corrected chi connectivity index (χ2v) is 7.84. The quantitative estimate of drug-likeness (QED) is 0.917. The lowest BCUT2D eigenvalue weighted by molar-refractivity contribution is 0.0951. The van der Waals surface area contributed by atoms with E-state index >= 15 is 0 Å². The summed E-state index contributed by atoms with van der Waals surface area (Å²) in [6.45, 7) is 1.25. The van der Waals surface area contributed by atoms with Gasteiger partial charge in [-0.05, 0) is 55.4 Å². The summed E-state index contributed by atoms with van der Waals surface area (Å²) in [4.78, 5) is 12.1. The molecule has 0 unspecified atom stereocenters. The van der Waals surface area contributed by atoms with Crippen LogP contribution < -0.4 is 9.62 Å². The van der Waals surface area contributed by atoms with Crippen LogP contribution in [-0.2, 0) is 16.4 Å². The molecule has 0 spiro atoms. The highest BCUT2D eigenvalue weighted by molar-refractivity contribution is 7.92. The molecule has 6 heteroatoms. The molecule has 5 nitrogen and oxygen atoms in total. The fraction of sp³-hybridized carbons (Fsp3) is 0.533. The fourth-order valence-electron chi connectivity index (χ4n) is 2.71. The van der Waals surface area contributed by atoms with Crippen LogP contribution in [-0.4, -0.2) is 33.7 Å². The molecular formula is C15H20N2O3S. The lowest BCUT2D eigenvalue weighted by Crippen LogP contribution is -2.34. The number of aryl methyl sites for hydroxylation is 1. The van der Waals surface area contributed by atoms with Crippen molar-refractivity contribution in [3.8, 4) is 0 Å². The Hall–Kier alpha value is -1.56. The molecule has 1 heterocycles. The lowest BCUT2D eigenvalue weighted by atomic mass is 10.0. The molecule has 1 fully saturated rings. The Morgan fingerprint density at radius 1 is 1.38 bits per heavy atom. The zero-order valence-electron chi connectivity index (χ0n) is 12.1. The molecule has 1 N–H and O–H groups in total. The summed E-state index contributed by atoms with van der Waals surface area (Å²) < 4.78 is 25.0. The van der Waals surface area contributed by atoms with E-state index in [1.165, 1.54) is 23.4 Å². The highest BCUT2D eigenvalue weighted by Gasteiger charge is 2.25. The van der Waals surface area contributed by atoms with E-state index in [4.69, 9.17) is 0 Å². The minimum Gasteiger partial charge on any atom is -0.352 e. The average Bonchev–Trinajstić information content (AvgIpc) is 3.26. The van der Waals surface area contributed by atoms with Gasteiger partial charge in [0.05, 0.1) is 11.9 Å². The summed E-state index contributed by atoms with van der Waals surface area (Å²) in [5.41, 5.74) is 2.26. The van der Waals surface area contributed by atoms with Crippen LogP contribution in [0.4, 0.5) is 5.69 Å². The Balaban J connectivity index is 1.81. The van der Waals surface area contributed by atoms with E-state index in [-0.39, 0.29) is 5.91 Å². The maximum atomic E-state index is 12.1. The van der Waals surface area contributed by atoms with Crippen molar-refractivity contribution >= 4 is 21.6 Å². The van der Waals surface area contributed by atoms with Gasteiger partial charge < -0.3 is 5.32 Å². The molecular weight excluding hydrogens is 288 g/mol. The predicted molar refractivity (Wildman–Crippen MR) is 82.0 cm³/mol. The van der Waals surface area contributed by atoms with E-state index < -0.39 is 10.0 Å². The molecule has 3 rings (SSSR count). The molecule has 1 aromatic rings. The molecule has 0 atom stereocenters. The van der Waals surface area contributed by atoms with E-state index in [1.54, 1.807) is 12.1 Å². The number of carbonyl (C=O) groups excluding carboxylic acids is 1. The first-order chi connectivity index (χ1) is 9.95. The third-order valence-electron chi connectivity index (χ3n) is 4.07. The summed E-state index contributed by atoms with van der Waals surface area (Å²) >= 11 is 0. The average molecular weight is 308 g/mol. The van der Waals surface area contributed by atoms with Crippen LogP contribution in [0.15, 0.2) is 18.2 Å². The number of amides is 1. The van der Waals surface area contributed by atoms with E-state index in [0.717, 1.165) is 24.9 Å². The van der Waals surface area contributed by atoms with Crippen LogP contribution in [0.25, 0.3) is 0 Å². The summed E-state index contributed by atoms with van der Waals surface area (Å²) in [6, 6.07) is 5.29. The number of nitrogens with one attached hydrogen (secondary N) is 1. The smallest absolute Gasteiger partial charge is 0.251 e. The number of rotatable bonds is 4. The summed E-state index contributed by atoms with van der Waals surface area (Å²) in [5.74, 6) is 0.577. The minimum atomic E-state index is -3.25. The third kappa shape index (κ3) is 3.20. The van der Waals surface area contributed by atoms with Crippen molar-refractivity contribution in [1.29, 1.82) is 0 Å². The van der Waals surface area contributed by atoms with Gasteiger partial charge in [0.15, 0.2) is 0 Å². The van der Waals surface area contributed by atoms with Gasteiger partial charge in [0.2, 0.25) is 10.0 Å². The van der Waals surface area contributed by atoms with E-state index in [2.05, 4.69) is 5.32 Å². The Labute approximate surface area is 125 Å². The van der Waals surface area contributed by atoms with Crippen LogP contribution in [0.3, 0.4) is 0 Å². The minimum absolute atomic E-state index is 0.0684. The number of hydrogen-bond donors (Lipinski definition) is 1. The van der Waals surface area contributed by atoms with Crippen LogP contribution in [0.1, 0.15) is 35.2 Å². The van der Waals surface area contributed by atoms with Crippen LogP contribution in [0, 0.1) is 5.92 Å². The Kier molecular flexibility index (Phi) is 3.65. The number of anilines is 1. The van der Waals surface area contributed by atoms with Gasteiger partial charge in [0.1, 0.15) is 0 Å². The molecule has 0 radical (unpaired) electrons. The van der Waals surface area contributed by atoms with Crippen molar-refractivity contribution in [3.05, 3.63) is 29.3 Å². The van der Waals surface area contributed by atoms with E-state index in [9.17, 15) is 13.2 Å². The van der Waals surface area contributed by atoms with Gasteiger partial charge in [-0.3, -0.25) is 9.10 Å². The number of hydrogen-bond acceptors (Lipinski definition) is 3. The molecule has 0 aromatic heterocycles. The molecule has 1 saturated carbocycles. The first-order valence-corrected chi connectivity index (χ1v) is 9.19. The molecule has 1 amide bonds. The normalized spacial score (nSPS) is 18.2. The van der Waals surface area contributed by atoms with Crippen molar-refractivity contribution in [2.45, 2.75) is 25.7 Å². The Morgan fingerprint density at radius 2 is 2.14 bits per heavy atom. The van der Waals surface area contributed by atoms with E-state index in [1.807, 2.05) is 6.07 Å². The number of benzene rings is 1. The Morgan fingerprint density at radius 3 is 2.81 bits per heavy atom. The number of nitrogens with zero attached hydrogens (tertiary/aromatic N) is 1. The van der Waals surface area contributed by atoms with Gasteiger partial charge in [0, 0.05) is 18.7 Å².